The van der Waals surface area contributed by atoms with E-state index in [-0.39, 0.29) is 17.2 Å². The minimum Gasteiger partial charge on any atom is -0.478 e. The van der Waals surface area contributed by atoms with Crippen LogP contribution in [0.15, 0.2) is 103 Å². The van der Waals surface area contributed by atoms with Gasteiger partial charge in [0.2, 0.25) is 0 Å². The van der Waals surface area contributed by atoms with Crippen molar-refractivity contribution in [2.45, 2.75) is 13.0 Å². The summed E-state index contributed by atoms with van der Waals surface area (Å²) >= 11 is 0. The number of rotatable bonds is 9. The van der Waals surface area contributed by atoms with Crippen molar-refractivity contribution < 1.29 is 23.8 Å². The molecule has 0 spiro atoms. The number of carboxylic acid groups (broad SMARTS) is 1. The van der Waals surface area contributed by atoms with Crippen LogP contribution in [0.25, 0.3) is 0 Å². The molecule has 4 aromatic carbocycles. The van der Waals surface area contributed by atoms with E-state index in [0.29, 0.717) is 30.8 Å². The monoisotopic (exact) mass is 469 g/mol. The quantitative estimate of drug-likeness (QED) is 0.317. The summed E-state index contributed by atoms with van der Waals surface area (Å²) in [7, 11) is 0. The zero-order chi connectivity index (χ0) is 24.6. The second-order valence-electron chi connectivity index (χ2n) is 8.02. The maximum Gasteiger partial charge on any atom is 0.335 e. The van der Waals surface area contributed by atoms with Gasteiger partial charge in [0.15, 0.2) is 11.6 Å². The standard InChI is InChI=1S/C29H24FNO4/c30-26-8-4-5-9-27(26)35-25-16-14-23(15-17-25)28(32)31(19-18-21-6-2-1-3-7-21)20-22-10-12-24(13-11-22)29(33)34/h1-17H,18-20H2,(H,33,34). The number of amides is 1. The molecule has 6 heteroatoms. The number of ether oxygens (including phenoxy) is 1. The number of para-hydroxylation sites is 1. The molecule has 0 radical (unpaired) electrons. The molecule has 0 unspecified atom stereocenters. The molecule has 5 nitrogen and oxygen atoms in total. The van der Waals surface area contributed by atoms with Crippen LogP contribution in [0.4, 0.5) is 4.39 Å². The Kier molecular flexibility index (Phi) is 7.53. The van der Waals surface area contributed by atoms with Crippen molar-refractivity contribution in [2.24, 2.45) is 0 Å². The van der Waals surface area contributed by atoms with E-state index in [1.807, 2.05) is 30.3 Å². The molecule has 35 heavy (non-hydrogen) atoms. The average Bonchev–Trinajstić information content (AvgIpc) is 2.89. The molecule has 0 aromatic heterocycles. The second kappa shape index (κ2) is 11.1. The van der Waals surface area contributed by atoms with Gasteiger partial charge in [0.05, 0.1) is 5.56 Å². The van der Waals surface area contributed by atoms with E-state index >= 15 is 0 Å². The van der Waals surface area contributed by atoms with E-state index in [0.717, 1.165) is 11.1 Å². The summed E-state index contributed by atoms with van der Waals surface area (Å²) in [5.74, 6) is -1.09. The van der Waals surface area contributed by atoms with E-state index < -0.39 is 11.8 Å². The molecule has 0 bridgehead atoms. The number of carbonyl (C=O) groups is 2. The van der Waals surface area contributed by atoms with Gasteiger partial charge in [-0.25, -0.2) is 9.18 Å². The molecule has 0 aliphatic heterocycles. The van der Waals surface area contributed by atoms with E-state index in [1.165, 1.54) is 24.3 Å². The summed E-state index contributed by atoms with van der Waals surface area (Å²) in [5, 5.41) is 9.14. The summed E-state index contributed by atoms with van der Waals surface area (Å²) in [6.45, 7) is 0.816. The SMILES string of the molecule is O=C(O)c1ccc(CN(CCc2ccccc2)C(=O)c2ccc(Oc3ccccc3F)cc2)cc1. The maximum absolute atomic E-state index is 13.9. The van der Waals surface area contributed by atoms with E-state index in [9.17, 15) is 14.0 Å². The van der Waals surface area contributed by atoms with Crippen molar-refractivity contribution in [3.63, 3.8) is 0 Å². The lowest BCUT2D eigenvalue weighted by atomic mass is 10.1. The third kappa shape index (κ3) is 6.32. The molecule has 4 aromatic rings. The first-order chi connectivity index (χ1) is 17.0. The highest BCUT2D eigenvalue weighted by Crippen LogP contribution is 2.25. The highest BCUT2D eigenvalue weighted by molar-refractivity contribution is 5.94. The fraction of sp³-hybridized carbons (Fsp3) is 0.103. The van der Waals surface area contributed by atoms with Gasteiger partial charge >= 0.3 is 5.97 Å². The third-order valence-electron chi connectivity index (χ3n) is 5.54. The summed E-state index contributed by atoms with van der Waals surface area (Å²) in [6, 6.07) is 29.1. The van der Waals surface area contributed by atoms with Gasteiger partial charge in [0.25, 0.3) is 5.91 Å². The van der Waals surface area contributed by atoms with E-state index in [2.05, 4.69) is 0 Å². The zero-order valence-electron chi connectivity index (χ0n) is 18.9. The maximum atomic E-state index is 13.9. The van der Waals surface area contributed by atoms with E-state index in [1.54, 1.807) is 53.4 Å². The van der Waals surface area contributed by atoms with Crippen molar-refractivity contribution in [3.05, 3.63) is 131 Å². The Bertz CT molecular complexity index is 1290. The number of halogens is 1. The zero-order valence-corrected chi connectivity index (χ0v) is 18.9. The fourth-order valence-corrected chi connectivity index (χ4v) is 3.64. The van der Waals surface area contributed by atoms with Crippen LogP contribution in [0.5, 0.6) is 11.5 Å². The molecule has 0 atom stereocenters. The summed E-state index contributed by atoms with van der Waals surface area (Å²) in [4.78, 5) is 26.3. The highest BCUT2D eigenvalue weighted by atomic mass is 19.1. The summed E-state index contributed by atoms with van der Waals surface area (Å²) < 4.78 is 19.5. The minimum absolute atomic E-state index is 0.112. The van der Waals surface area contributed by atoms with Crippen molar-refractivity contribution >= 4 is 11.9 Å². The van der Waals surface area contributed by atoms with Gasteiger partial charge in [-0.1, -0.05) is 54.6 Å². The second-order valence-corrected chi connectivity index (χ2v) is 8.02. The lowest BCUT2D eigenvalue weighted by Crippen LogP contribution is -2.32. The van der Waals surface area contributed by atoms with Crippen LogP contribution >= 0.6 is 0 Å². The first kappa shape index (κ1) is 23.7. The van der Waals surface area contributed by atoms with Crippen LogP contribution < -0.4 is 4.74 Å². The molecule has 0 heterocycles. The third-order valence-corrected chi connectivity index (χ3v) is 5.54. The van der Waals surface area contributed by atoms with Crippen LogP contribution in [0.3, 0.4) is 0 Å². The molecule has 4 rings (SSSR count). The number of hydrogen-bond acceptors (Lipinski definition) is 3. The lowest BCUT2D eigenvalue weighted by molar-refractivity contribution is 0.0694. The number of nitrogens with zero attached hydrogens (tertiary/aromatic N) is 1. The summed E-state index contributed by atoms with van der Waals surface area (Å²) in [5.41, 5.74) is 2.61. The Morgan fingerprint density at radius 3 is 2.03 bits per heavy atom. The molecule has 0 aliphatic rings. The van der Waals surface area contributed by atoms with Gasteiger partial charge in [0.1, 0.15) is 5.75 Å². The van der Waals surface area contributed by atoms with Gasteiger partial charge < -0.3 is 14.7 Å². The number of carbonyl (C=O) groups excluding carboxylic acids is 1. The van der Waals surface area contributed by atoms with Gasteiger partial charge in [-0.15, -0.1) is 0 Å². The molecule has 0 aliphatic carbocycles. The van der Waals surface area contributed by atoms with Crippen LogP contribution in [0.2, 0.25) is 0 Å². The minimum atomic E-state index is -0.994. The first-order valence-electron chi connectivity index (χ1n) is 11.2. The van der Waals surface area contributed by atoms with Crippen LogP contribution in [0, 0.1) is 5.82 Å². The number of hydrogen-bond donors (Lipinski definition) is 1. The van der Waals surface area contributed by atoms with Crippen molar-refractivity contribution in [2.75, 3.05) is 6.54 Å². The van der Waals surface area contributed by atoms with Crippen molar-refractivity contribution in [3.8, 4) is 11.5 Å². The summed E-state index contributed by atoms with van der Waals surface area (Å²) in [6.07, 6.45) is 0.675. The molecular weight excluding hydrogens is 445 g/mol. The average molecular weight is 470 g/mol. The Morgan fingerprint density at radius 1 is 0.743 bits per heavy atom. The predicted molar refractivity (Wildman–Crippen MR) is 131 cm³/mol. The lowest BCUT2D eigenvalue weighted by Gasteiger charge is -2.23. The van der Waals surface area contributed by atoms with Gasteiger partial charge in [-0.05, 0) is 66.1 Å². The number of aromatic carboxylic acids is 1. The van der Waals surface area contributed by atoms with Gasteiger partial charge in [-0.3, -0.25) is 4.79 Å². The van der Waals surface area contributed by atoms with Crippen molar-refractivity contribution in [1.82, 2.24) is 4.90 Å². The van der Waals surface area contributed by atoms with Crippen LogP contribution in [-0.2, 0) is 13.0 Å². The van der Waals surface area contributed by atoms with E-state index in [4.69, 9.17) is 9.84 Å². The van der Waals surface area contributed by atoms with Crippen LogP contribution in [-0.4, -0.2) is 28.4 Å². The molecule has 176 valence electrons. The molecule has 0 saturated heterocycles. The Hall–Kier alpha value is -4.45. The molecule has 0 fully saturated rings. The number of carboxylic acids is 1. The topological polar surface area (TPSA) is 66.8 Å². The van der Waals surface area contributed by atoms with Crippen LogP contribution in [0.1, 0.15) is 31.8 Å². The van der Waals surface area contributed by atoms with Gasteiger partial charge in [-0.2, -0.15) is 0 Å². The van der Waals surface area contributed by atoms with Gasteiger partial charge in [0, 0.05) is 18.7 Å². The smallest absolute Gasteiger partial charge is 0.335 e. The Morgan fingerprint density at radius 2 is 1.37 bits per heavy atom. The predicted octanol–water partition coefficient (Wildman–Crippen LogP) is 6.20. The molecule has 1 N–H and O–H groups in total. The Labute approximate surface area is 203 Å². The molecular formula is C29H24FNO4. The fourth-order valence-electron chi connectivity index (χ4n) is 3.64. The molecule has 1 amide bonds. The normalized spacial score (nSPS) is 10.5. The Balaban J connectivity index is 1.51. The highest BCUT2D eigenvalue weighted by Gasteiger charge is 2.17. The molecule has 0 saturated carbocycles. The largest absolute Gasteiger partial charge is 0.478 e. The van der Waals surface area contributed by atoms with Crippen molar-refractivity contribution in [1.29, 1.82) is 0 Å². The number of benzene rings is 4. The first-order valence-corrected chi connectivity index (χ1v) is 11.2.